The van der Waals surface area contributed by atoms with E-state index in [9.17, 15) is 13.2 Å². The van der Waals surface area contributed by atoms with Crippen molar-refractivity contribution < 1.29 is 13.2 Å². The molecular weight excluding hydrogens is 323 g/mol. The van der Waals surface area contributed by atoms with Gasteiger partial charge in [0.15, 0.2) is 11.3 Å². The number of halogens is 2. The van der Waals surface area contributed by atoms with Gasteiger partial charge in [-0.3, -0.25) is 4.79 Å². The van der Waals surface area contributed by atoms with Gasteiger partial charge in [0.05, 0.1) is 17.4 Å². The van der Waals surface area contributed by atoms with Crippen molar-refractivity contribution in [2.24, 2.45) is 0 Å². The molecule has 0 fully saturated rings. The van der Waals surface area contributed by atoms with Crippen molar-refractivity contribution in [2.75, 3.05) is 5.75 Å². The van der Waals surface area contributed by atoms with Gasteiger partial charge in [0.2, 0.25) is 10.0 Å². The first-order valence-corrected chi connectivity index (χ1v) is 7.93. The van der Waals surface area contributed by atoms with Crippen molar-refractivity contribution in [1.82, 2.24) is 4.72 Å². The third-order valence-electron chi connectivity index (χ3n) is 2.46. The second-order valence-corrected chi connectivity index (χ2v) is 7.09. The van der Waals surface area contributed by atoms with E-state index in [2.05, 4.69) is 10.8 Å². The first-order chi connectivity index (χ1) is 9.25. The number of hydrogen-bond acceptors (Lipinski definition) is 4. The Balaban J connectivity index is 3.11. The molecule has 0 saturated heterocycles. The second-order valence-electron chi connectivity index (χ2n) is 3.99. The molecule has 0 aliphatic carbocycles. The normalized spacial score (nSPS) is 14.3. The average Bonchev–Trinajstić information content (AvgIpc) is 2.40. The van der Waals surface area contributed by atoms with E-state index in [1.165, 1.54) is 19.1 Å². The summed E-state index contributed by atoms with van der Waals surface area (Å²) in [6.07, 6.45) is 0.103. The van der Waals surface area contributed by atoms with Gasteiger partial charge in [-0.2, -0.15) is 9.98 Å². The van der Waals surface area contributed by atoms with Gasteiger partial charge in [-0.15, -0.1) is 0 Å². The van der Waals surface area contributed by atoms with Crippen molar-refractivity contribution in [2.45, 2.75) is 18.3 Å². The van der Waals surface area contributed by atoms with Gasteiger partial charge >= 0.3 is 0 Å². The Hall–Kier alpha value is -1.13. The molecule has 5 nitrogen and oxygen atoms in total. The molecule has 0 aliphatic heterocycles. The zero-order valence-corrected chi connectivity index (χ0v) is 12.8. The SMILES string of the molecule is CCS(=O)(=O)NC(Cl)(C=O)Cc1c[c]c(Cl)cc1C#N. The smallest absolute Gasteiger partial charge is 0.213 e. The summed E-state index contributed by atoms with van der Waals surface area (Å²) >= 11 is 11.7. The minimum Gasteiger partial charge on any atom is -0.300 e. The van der Waals surface area contributed by atoms with E-state index in [1.54, 1.807) is 0 Å². The predicted molar refractivity (Wildman–Crippen MR) is 76.0 cm³/mol. The molecule has 0 bridgehead atoms. The monoisotopic (exact) mass is 333 g/mol. The van der Waals surface area contributed by atoms with E-state index in [4.69, 9.17) is 28.5 Å². The Labute approximate surface area is 127 Å². The van der Waals surface area contributed by atoms with E-state index >= 15 is 0 Å². The van der Waals surface area contributed by atoms with Gasteiger partial charge in [0.1, 0.15) is 0 Å². The predicted octanol–water partition coefficient (Wildman–Crippen LogP) is 1.63. The molecule has 1 atom stereocenters. The average molecular weight is 334 g/mol. The van der Waals surface area contributed by atoms with E-state index < -0.39 is 15.0 Å². The summed E-state index contributed by atoms with van der Waals surface area (Å²) in [4.78, 5) is 9.27. The molecule has 1 N–H and O–H groups in total. The number of rotatable bonds is 6. The Morgan fingerprint density at radius 2 is 2.25 bits per heavy atom. The van der Waals surface area contributed by atoms with Crippen LogP contribution >= 0.6 is 23.2 Å². The van der Waals surface area contributed by atoms with E-state index in [0.29, 0.717) is 5.56 Å². The fraction of sp³-hybridized carbons (Fsp3) is 0.333. The van der Waals surface area contributed by atoms with Crippen LogP contribution in [0.1, 0.15) is 18.1 Å². The van der Waals surface area contributed by atoms with Gasteiger partial charge in [-0.1, -0.05) is 23.2 Å². The second kappa shape index (κ2) is 6.55. The summed E-state index contributed by atoms with van der Waals surface area (Å²) in [5.74, 6) is -0.215. The zero-order valence-electron chi connectivity index (χ0n) is 10.5. The molecule has 0 spiro atoms. The number of nitrogens with zero attached hydrogens (tertiary/aromatic N) is 1. The third kappa shape index (κ3) is 4.46. The first kappa shape index (κ1) is 16.9. The van der Waals surface area contributed by atoms with Crippen LogP contribution in [0, 0.1) is 17.4 Å². The molecule has 1 radical (unpaired) electrons. The Morgan fingerprint density at radius 1 is 1.60 bits per heavy atom. The quantitative estimate of drug-likeness (QED) is 0.487. The minimum absolute atomic E-state index is 0.187. The summed E-state index contributed by atoms with van der Waals surface area (Å²) in [7, 11) is -3.67. The van der Waals surface area contributed by atoms with Crippen LogP contribution in [0.25, 0.3) is 0 Å². The highest BCUT2D eigenvalue weighted by atomic mass is 35.5. The van der Waals surface area contributed by atoms with E-state index in [-0.39, 0.29) is 29.0 Å². The minimum atomic E-state index is -3.67. The molecule has 0 amide bonds. The summed E-state index contributed by atoms with van der Waals surface area (Å²) in [6, 6.07) is 7.34. The number of nitriles is 1. The number of nitrogens with one attached hydrogen (secondary N) is 1. The number of aldehydes is 1. The molecule has 1 aromatic carbocycles. The van der Waals surface area contributed by atoms with Crippen LogP contribution in [0.5, 0.6) is 0 Å². The molecule has 8 heteroatoms. The molecular formula is C12H11Cl2N2O3S. The molecule has 0 aromatic heterocycles. The Kier molecular flexibility index (Phi) is 5.54. The van der Waals surface area contributed by atoms with Crippen LogP contribution in [0.3, 0.4) is 0 Å². The van der Waals surface area contributed by atoms with Gasteiger partial charge in [0, 0.05) is 17.5 Å². The molecule has 20 heavy (non-hydrogen) atoms. The maximum absolute atomic E-state index is 11.5. The summed E-state index contributed by atoms with van der Waals surface area (Å²) in [5.41, 5.74) is 0.578. The highest BCUT2D eigenvalue weighted by molar-refractivity contribution is 7.89. The lowest BCUT2D eigenvalue weighted by molar-refractivity contribution is -0.110. The van der Waals surface area contributed by atoms with E-state index in [1.807, 2.05) is 6.07 Å². The van der Waals surface area contributed by atoms with Crippen LogP contribution in [0.15, 0.2) is 12.1 Å². The highest BCUT2D eigenvalue weighted by Gasteiger charge is 2.32. The number of hydrogen-bond donors (Lipinski definition) is 1. The molecule has 1 rings (SSSR count). The third-order valence-corrected chi connectivity index (χ3v) is 4.54. The summed E-state index contributed by atoms with van der Waals surface area (Å²) in [5, 5.41) is 9.24. The summed E-state index contributed by atoms with van der Waals surface area (Å²) in [6.45, 7) is 1.42. The number of alkyl halides is 1. The lowest BCUT2D eigenvalue weighted by Gasteiger charge is -2.22. The van der Waals surface area contributed by atoms with Crippen LogP contribution in [0.2, 0.25) is 5.02 Å². The molecule has 0 saturated carbocycles. The maximum atomic E-state index is 11.5. The van der Waals surface area contributed by atoms with Crippen LogP contribution in [0.4, 0.5) is 0 Å². The van der Waals surface area contributed by atoms with Crippen LogP contribution in [-0.2, 0) is 21.2 Å². The van der Waals surface area contributed by atoms with Gasteiger partial charge in [-0.05, 0) is 24.6 Å². The fourth-order valence-corrected chi connectivity index (χ4v) is 2.90. The first-order valence-electron chi connectivity index (χ1n) is 5.52. The van der Waals surface area contributed by atoms with Crippen LogP contribution in [-0.4, -0.2) is 25.5 Å². The standard InChI is InChI=1S/C12H11Cl2N2O3S/c1-2-20(18,19)16-12(14,8-17)6-9-3-4-11(13)5-10(9)7-15/h3,5,8,16H,2,6H2,1H3. The maximum Gasteiger partial charge on any atom is 0.213 e. The molecule has 0 heterocycles. The molecule has 107 valence electrons. The van der Waals surface area contributed by atoms with Crippen LogP contribution < -0.4 is 4.72 Å². The molecule has 0 aliphatic rings. The Morgan fingerprint density at radius 3 is 2.75 bits per heavy atom. The summed E-state index contributed by atoms with van der Waals surface area (Å²) < 4.78 is 25.1. The van der Waals surface area contributed by atoms with Crippen molar-refractivity contribution in [3.8, 4) is 6.07 Å². The largest absolute Gasteiger partial charge is 0.300 e. The Bertz CT molecular complexity index is 655. The van der Waals surface area contributed by atoms with Crippen molar-refractivity contribution in [3.05, 3.63) is 34.3 Å². The lowest BCUT2D eigenvalue weighted by atomic mass is 10.0. The molecule has 1 aromatic rings. The van der Waals surface area contributed by atoms with Crippen molar-refractivity contribution in [3.63, 3.8) is 0 Å². The van der Waals surface area contributed by atoms with Gasteiger partial charge < -0.3 is 0 Å². The number of carbonyl (C=O) groups is 1. The lowest BCUT2D eigenvalue weighted by Crippen LogP contribution is -2.47. The zero-order chi connectivity index (χ0) is 15.4. The number of carbonyl (C=O) groups excluding carboxylic acids is 1. The highest BCUT2D eigenvalue weighted by Crippen LogP contribution is 2.22. The topological polar surface area (TPSA) is 87.0 Å². The van der Waals surface area contributed by atoms with Crippen molar-refractivity contribution in [1.29, 1.82) is 5.26 Å². The molecule has 1 unspecified atom stereocenters. The number of benzene rings is 1. The van der Waals surface area contributed by atoms with E-state index in [0.717, 1.165) is 0 Å². The van der Waals surface area contributed by atoms with Gasteiger partial charge in [0.25, 0.3) is 0 Å². The fourth-order valence-electron chi connectivity index (χ4n) is 1.45. The number of sulfonamides is 1. The van der Waals surface area contributed by atoms with Crippen molar-refractivity contribution >= 4 is 39.5 Å². The van der Waals surface area contributed by atoms with Gasteiger partial charge in [-0.25, -0.2) is 8.42 Å².